The minimum absolute atomic E-state index is 0.122. The second kappa shape index (κ2) is 5.38. The number of hydrogen-bond donors (Lipinski definition) is 3. The number of rotatable bonds is 6. The van der Waals surface area contributed by atoms with E-state index in [1.54, 1.807) is 6.07 Å². The number of carboxylic acids is 1. The Labute approximate surface area is 115 Å². The monoisotopic (exact) mass is 280 g/mol. The van der Waals surface area contributed by atoms with Crippen LogP contribution in [0.3, 0.4) is 0 Å². The van der Waals surface area contributed by atoms with Crippen LogP contribution in [0, 0.1) is 0 Å². The largest absolute Gasteiger partial charge is 0.497 e. The number of nitrogens with one attached hydrogen (secondary N) is 1. The van der Waals surface area contributed by atoms with Crippen LogP contribution in [0.15, 0.2) is 18.2 Å². The highest BCUT2D eigenvalue weighted by molar-refractivity contribution is 5.93. The first-order chi connectivity index (χ1) is 9.44. The van der Waals surface area contributed by atoms with Crippen molar-refractivity contribution in [1.29, 1.82) is 0 Å². The second-order valence-electron chi connectivity index (χ2n) is 4.72. The minimum Gasteiger partial charge on any atom is -0.497 e. The summed E-state index contributed by atoms with van der Waals surface area (Å²) in [5.41, 5.74) is 4.69. The van der Waals surface area contributed by atoms with E-state index in [0.717, 1.165) is 0 Å². The summed E-state index contributed by atoms with van der Waals surface area (Å²) in [4.78, 5) is 22.1. The van der Waals surface area contributed by atoms with Gasteiger partial charge in [0.05, 0.1) is 13.5 Å². The van der Waals surface area contributed by atoms with E-state index < -0.39 is 17.5 Å². The highest BCUT2D eigenvalue weighted by Gasteiger charge is 2.41. The molecule has 7 heteroatoms. The maximum atomic E-state index is 11.3. The Morgan fingerprint density at radius 2 is 2.00 bits per heavy atom. The molecule has 0 spiro atoms. The summed E-state index contributed by atoms with van der Waals surface area (Å²) >= 11 is 0. The van der Waals surface area contributed by atoms with Gasteiger partial charge in [0, 0.05) is 24.7 Å². The molecule has 2 rings (SSSR count). The summed E-state index contributed by atoms with van der Waals surface area (Å²) in [7, 11) is 1.46. The number of primary amides is 1. The number of aliphatic carboxylic acids is 1. The molecular weight excluding hydrogens is 264 g/mol. The number of hydrogen-bond acceptors (Lipinski definition) is 5. The van der Waals surface area contributed by atoms with Crippen molar-refractivity contribution in [3.8, 4) is 11.5 Å². The molecule has 1 aliphatic heterocycles. The Balaban J connectivity index is 2.25. The summed E-state index contributed by atoms with van der Waals surface area (Å²) in [5, 5.41) is 11.9. The van der Waals surface area contributed by atoms with Crippen LogP contribution in [-0.2, 0) is 4.79 Å². The fourth-order valence-electron chi connectivity index (χ4n) is 2.05. The van der Waals surface area contributed by atoms with Crippen LogP contribution >= 0.6 is 0 Å². The number of carbonyl (C=O) groups excluding carboxylic acids is 1. The number of methoxy groups -OCH3 is 1. The third-order valence-corrected chi connectivity index (χ3v) is 3.10. The van der Waals surface area contributed by atoms with Crippen LogP contribution in [0.1, 0.15) is 16.8 Å². The number of carbonyl (C=O) groups is 2. The van der Waals surface area contributed by atoms with E-state index in [9.17, 15) is 9.59 Å². The quantitative estimate of drug-likeness (QED) is 0.676. The van der Waals surface area contributed by atoms with E-state index in [1.165, 1.54) is 19.2 Å². The van der Waals surface area contributed by atoms with Crippen LogP contribution in [-0.4, -0.2) is 42.8 Å². The van der Waals surface area contributed by atoms with Crippen molar-refractivity contribution >= 4 is 11.9 Å². The molecule has 0 saturated carbocycles. The van der Waals surface area contributed by atoms with Gasteiger partial charge in [-0.3, -0.25) is 9.59 Å². The smallest absolute Gasteiger partial charge is 0.307 e. The molecule has 1 fully saturated rings. The highest BCUT2D eigenvalue weighted by atomic mass is 16.5. The molecule has 1 aliphatic rings. The van der Waals surface area contributed by atoms with Crippen molar-refractivity contribution in [1.82, 2.24) is 5.32 Å². The zero-order valence-corrected chi connectivity index (χ0v) is 11.0. The van der Waals surface area contributed by atoms with Crippen LogP contribution in [0.5, 0.6) is 11.5 Å². The predicted molar refractivity (Wildman–Crippen MR) is 70.0 cm³/mol. The Kier molecular flexibility index (Phi) is 3.80. The van der Waals surface area contributed by atoms with Crippen molar-refractivity contribution in [2.24, 2.45) is 5.73 Å². The van der Waals surface area contributed by atoms with Crippen molar-refractivity contribution in [3.05, 3.63) is 23.8 Å². The standard InChI is InChI=1S/C13H16N2O5/c1-19-9-2-8(12(14)18)3-10(4-9)20-13(5-11(16)17)6-15-7-13/h2-4,15H,5-7H2,1H3,(H2,14,18)(H,16,17). The first kappa shape index (κ1) is 14.1. The van der Waals surface area contributed by atoms with Gasteiger partial charge in [0.1, 0.15) is 17.1 Å². The Hall–Kier alpha value is -2.28. The molecule has 1 amide bonds. The Morgan fingerprint density at radius 1 is 1.35 bits per heavy atom. The molecule has 0 bridgehead atoms. The predicted octanol–water partition coefficient (Wildman–Crippen LogP) is -0.0104. The molecule has 0 radical (unpaired) electrons. The number of benzene rings is 1. The maximum absolute atomic E-state index is 11.3. The summed E-state index contributed by atoms with van der Waals surface area (Å²) in [5.74, 6) is -0.757. The third-order valence-electron chi connectivity index (χ3n) is 3.10. The van der Waals surface area contributed by atoms with Gasteiger partial charge in [0.2, 0.25) is 5.91 Å². The fourth-order valence-corrected chi connectivity index (χ4v) is 2.05. The van der Waals surface area contributed by atoms with Gasteiger partial charge in [-0.05, 0) is 12.1 Å². The van der Waals surface area contributed by atoms with Gasteiger partial charge in [0.25, 0.3) is 0 Å². The molecule has 0 unspecified atom stereocenters. The van der Waals surface area contributed by atoms with E-state index in [1.807, 2.05) is 0 Å². The summed E-state index contributed by atoms with van der Waals surface area (Å²) in [6, 6.07) is 4.57. The number of carboxylic acid groups (broad SMARTS) is 1. The van der Waals surface area contributed by atoms with Gasteiger partial charge in [-0.2, -0.15) is 0 Å². The van der Waals surface area contributed by atoms with Crippen LogP contribution in [0.25, 0.3) is 0 Å². The van der Waals surface area contributed by atoms with Gasteiger partial charge in [-0.1, -0.05) is 0 Å². The third kappa shape index (κ3) is 3.00. The number of nitrogens with two attached hydrogens (primary N) is 1. The molecule has 20 heavy (non-hydrogen) atoms. The molecule has 1 aromatic rings. The average molecular weight is 280 g/mol. The van der Waals surface area contributed by atoms with Crippen molar-refractivity contribution in [2.75, 3.05) is 20.2 Å². The lowest BCUT2D eigenvalue weighted by Crippen LogP contribution is -2.64. The number of amides is 1. The van der Waals surface area contributed by atoms with E-state index >= 15 is 0 Å². The van der Waals surface area contributed by atoms with Crippen molar-refractivity contribution in [3.63, 3.8) is 0 Å². The van der Waals surface area contributed by atoms with E-state index in [4.69, 9.17) is 20.3 Å². The fraction of sp³-hybridized carbons (Fsp3) is 0.385. The van der Waals surface area contributed by atoms with Gasteiger partial charge >= 0.3 is 5.97 Å². The lowest BCUT2D eigenvalue weighted by Gasteiger charge is -2.41. The average Bonchev–Trinajstić information content (AvgIpc) is 2.35. The van der Waals surface area contributed by atoms with Crippen LogP contribution in [0.2, 0.25) is 0 Å². The molecule has 7 nitrogen and oxygen atoms in total. The maximum Gasteiger partial charge on any atom is 0.307 e. The lowest BCUT2D eigenvalue weighted by atomic mass is 9.92. The first-order valence-corrected chi connectivity index (χ1v) is 6.04. The highest BCUT2D eigenvalue weighted by Crippen LogP contribution is 2.29. The molecule has 4 N–H and O–H groups in total. The van der Waals surface area contributed by atoms with Crippen LogP contribution in [0.4, 0.5) is 0 Å². The molecule has 1 heterocycles. The number of ether oxygens (including phenoxy) is 2. The molecule has 1 aromatic carbocycles. The summed E-state index contributed by atoms with van der Waals surface area (Å²) in [6.45, 7) is 0.866. The molecule has 0 atom stereocenters. The molecular formula is C13H16N2O5. The van der Waals surface area contributed by atoms with Crippen molar-refractivity contribution < 1.29 is 24.2 Å². The zero-order chi connectivity index (χ0) is 14.8. The Bertz CT molecular complexity index is 540. The van der Waals surface area contributed by atoms with Gasteiger partial charge in [-0.15, -0.1) is 0 Å². The first-order valence-electron chi connectivity index (χ1n) is 6.04. The Morgan fingerprint density at radius 3 is 2.45 bits per heavy atom. The van der Waals surface area contributed by atoms with E-state index in [0.29, 0.717) is 24.6 Å². The molecule has 1 saturated heterocycles. The SMILES string of the molecule is COc1cc(OC2(CC(=O)O)CNC2)cc(C(N)=O)c1. The van der Waals surface area contributed by atoms with E-state index in [2.05, 4.69) is 5.32 Å². The van der Waals surface area contributed by atoms with Crippen molar-refractivity contribution in [2.45, 2.75) is 12.0 Å². The van der Waals surface area contributed by atoms with Gasteiger partial charge < -0.3 is 25.6 Å². The minimum atomic E-state index is -0.940. The topological polar surface area (TPSA) is 111 Å². The van der Waals surface area contributed by atoms with Gasteiger partial charge in [-0.25, -0.2) is 0 Å². The second-order valence-corrected chi connectivity index (χ2v) is 4.72. The lowest BCUT2D eigenvalue weighted by molar-refractivity contribution is -0.143. The van der Waals surface area contributed by atoms with Gasteiger partial charge in [0.15, 0.2) is 0 Å². The van der Waals surface area contributed by atoms with Crippen LogP contribution < -0.4 is 20.5 Å². The normalized spacial score (nSPS) is 16.1. The summed E-state index contributed by atoms with van der Waals surface area (Å²) < 4.78 is 10.8. The van der Waals surface area contributed by atoms with E-state index in [-0.39, 0.29) is 12.0 Å². The molecule has 0 aliphatic carbocycles. The summed E-state index contributed by atoms with van der Waals surface area (Å²) in [6.07, 6.45) is -0.122. The molecule has 0 aromatic heterocycles. The zero-order valence-electron chi connectivity index (χ0n) is 11.0. The molecule has 108 valence electrons.